The lowest BCUT2D eigenvalue weighted by Crippen LogP contribution is -2.15. The molecule has 2 aromatic carbocycles. The zero-order valence-corrected chi connectivity index (χ0v) is 14.9. The third-order valence-corrected chi connectivity index (χ3v) is 4.71. The molecular weight excluding hydrogens is 376 g/mol. The molecule has 0 unspecified atom stereocenters. The largest absolute Gasteiger partial charge is 0.453 e. The zero-order chi connectivity index (χ0) is 19.6. The molecule has 3 rings (SSSR count). The fourth-order valence-electron chi connectivity index (χ4n) is 2.43. The smallest absolute Gasteiger partial charge is 0.348 e. The topological polar surface area (TPSA) is 72.5 Å². The Hall–Kier alpha value is -3.13. The second-order valence-electron chi connectivity index (χ2n) is 5.64. The maximum Gasteiger partial charge on any atom is 0.348 e. The molecule has 1 heterocycles. The van der Waals surface area contributed by atoms with Crippen LogP contribution < -0.4 is 5.32 Å². The summed E-state index contributed by atoms with van der Waals surface area (Å²) in [5, 5.41) is 2.69. The van der Waals surface area contributed by atoms with Gasteiger partial charge in [-0.3, -0.25) is 9.59 Å². The molecule has 0 aliphatic heterocycles. The lowest BCUT2D eigenvalue weighted by molar-refractivity contribution is -0.114. The molecule has 1 amide bonds. The van der Waals surface area contributed by atoms with Gasteiger partial charge in [0, 0.05) is 22.7 Å². The van der Waals surface area contributed by atoms with Crippen molar-refractivity contribution in [1.29, 1.82) is 0 Å². The van der Waals surface area contributed by atoms with E-state index >= 15 is 0 Å². The average molecular weight is 389 g/mol. The van der Waals surface area contributed by atoms with E-state index in [2.05, 4.69) is 5.32 Å². The van der Waals surface area contributed by atoms with Crippen molar-refractivity contribution in [1.82, 2.24) is 0 Å². The van der Waals surface area contributed by atoms with Gasteiger partial charge in [-0.25, -0.2) is 13.6 Å². The molecule has 1 N–H and O–H groups in total. The molecule has 5 nitrogen and oxygen atoms in total. The van der Waals surface area contributed by atoms with Crippen LogP contribution in [0.2, 0.25) is 0 Å². The van der Waals surface area contributed by atoms with Crippen molar-refractivity contribution in [3.8, 4) is 0 Å². The number of ether oxygens (including phenoxy) is 1. The highest BCUT2D eigenvalue weighted by molar-refractivity contribution is 7.20. The van der Waals surface area contributed by atoms with Gasteiger partial charge >= 0.3 is 5.97 Å². The Labute approximate surface area is 156 Å². The first kappa shape index (κ1) is 18.7. The molecule has 27 heavy (non-hydrogen) atoms. The number of benzene rings is 2. The number of carbonyl (C=O) groups is 3. The minimum atomic E-state index is -0.841. The number of esters is 1. The van der Waals surface area contributed by atoms with Crippen LogP contribution in [0.4, 0.5) is 14.5 Å². The van der Waals surface area contributed by atoms with Gasteiger partial charge < -0.3 is 10.1 Å². The molecule has 0 saturated carbocycles. The number of anilines is 1. The molecule has 0 bridgehead atoms. The highest BCUT2D eigenvalue weighted by atomic mass is 32.1. The number of ketones is 1. The minimum Gasteiger partial charge on any atom is -0.453 e. The van der Waals surface area contributed by atoms with Crippen molar-refractivity contribution in [3.63, 3.8) is 0 Å². The van der Waals surface area contributed by atoms with Gasteiger partial charge in [-0.2, -0.15) is 0 Å². The van der Waals surface area contributed by atoms with Crippen LogP contribution in [-0.4, -0.2) is 24.3 Å². The van der Waals surface area contributed by atoms with Crippen molar-refractivity contribution in [2.45, 2.75) is 6.92 Å². The van der Waals surface area contributed by atoms with Crippen LogP contribution in [0.15, 0.2) is 42.5 Å². The van der Waals surface area contributed by atoms with Crippen molar-refractivity contribution in [2.24, 2.45) is 0 Å². The van der Waals surface area contributed by atoms with Crippen LogP contribution in [0.1, 0.15) is 27.0 Å². The SMILES string of the molecule is CC(=O)Nc1ccc(C(=O)COC(=O)c2cc3c(F)cccc3s2)c(F)c1. The van der Waals surface area contributed by atoms with Crippen LogP contribution >= 0.6 is 11.3 Å². The Morgan fingerprint density at radius 2 is 1.85 bits per heavy atom. The average Bonchev–Trinajstić information content (AvgIpc) is 3.05. The number of rotatable bonds is 5. The second kappa shape index (κ2) is 7.63. The van der Waals surface area contributed by atoms with Gasteiger partial charge in [-0.1, -0.05) is 6.07 Å². The number of carbonyl (C=O) groups excluding carboxylic acids is 3. The van der Waals surface area contributed by atoms with Gasteiger partial charge in [0.15, 0.2) is 6.61 Å². The lowest BCUT2D eigenvalue weighted by Gasteiger charge is -2.06. The van der Waals surface area contributed by atoms with E-state index in [4.69, 9.17) is 4.74 Å². The summed E-state index contributed by atoms with van der Waals surface area (Å²) in [4.78, 5) is 35.3. The molecule has 8 heteroatoms. The van der Waals surface area contributed by atoms with Crippen molar-refractivity contribution in [3.05, 3.63) is 64.5 Å². The lowest BCUT2D eigenvalue weighted by atomic mass is 10.1. The molecule has 0 saturated heterocycles. The standard InChI is InChI=1S/C19H13F2NO4S/c1-10(23)22-11-5-6-12(15(21)7-11)16(24)9-26-19(25)18-8-13-14(20)3-2-4-17(13)27-18/h2-8H,9H2,1H3,(H,22,23). The van der Waals surface area contributed by atoms with Crippen molar-refractivity contribution >= 4 is 44.8 Å². The number of hydrogen-bond donors (Lipinski definition) is 1. The fraction of sp³-hybridized carbons (Fsp3) is 0.105. The molecule has 0 spiro atoms. The second-order valence-corrected chi connectivity index (χ2v) is 6.72. The van der Waals surface area contributed by atoms with Gasteiger partial charge in [0.2, 0.25) is 11.7 Å². The van der Waals surface area contributed by atoms with Crippen LogP contribution in [0.3, 0.4) is 0 Å². The maximum atomic E-state index is 14.0. The van der Waals surface area contributed by atoms with E-state index in [9.17, 15) is 23.2 Å². The van der Waals surface area contributed by atoms with E-state index in [1.807, 2.05) is 0 Å². The quantitative estimate of drug-likeness (QED) is 0.525. The highest BCUT2D eigenvalue weighted by Crippen LogP contribution is 2.28. The maximum absolute atomic E-state index is 14.0. The Bertz CT molecular complexity index is 1060. The van der Waals surface area contributed by atoms with E-state index in [1.54, 1.807) is 6.07 Å². The summed E-state index contributed by atoms with van der Waals surface area (Å²) in [6.07, 6.45) is 0. The molecule has 0 radical (unpaired) electrons. The minimum absolute atomic E-state index is 0.143. The Kier molecular flexibility index (Phi) is 5.27. The van der Waals surface area contributed by atoms with Crippen LogP contribution in [0.5, 0.6) is 0 Å². The normalized spacial score (nSPS) is 10.6. The molecule has 3 aromatic rings. The molecule has 1 aromatic heterocycles. The molecule has 0 aliphatic carbocycles. The number of amides is 1. The number of halogens is 2. The van der Waals surface area contributed by atoms with E-state index in [0.717, 1.165) is 17.4 Å². The summed E-state index contributed by atoms with van der Waals surface area (Å²) in [5.41, 5.74) is -0.0554. The summed E-state index contributed by atoms with van der Waals surface area (Å²) < 4.78 is 33.2. The van der Waals surface area contributed by atoms with Gasteiger partial charge in [-0.15, -0.1) is 11.3 Å². The molecule has 0 aliphatic rings. The summed E-state index contributed by atoms with van der Waals surface area (Å²) in [6.45, 7) is 0.613. The number of thiophene rings is 1. The number of fused-ring (bicyclic) bond motifs is 1. The van der Waals surface area contributed by atoms with Crippen LogP contribution in [0.25, 0.3) is 10.1 Å². The number of Topliss-reactive ketones (excluding diaryl/α,β-unsaturated/α-hetero) is 1. The van der Waals surface area contributed by atoms with E-state index in [1.165, 1.54) is 37.3 Å². The van der Waals surface area contributed by atoms with Crippen molar-refractivity contribution < 1.29 is 27.9 Å². The molecular formula is C19H13F2NO4S. The van der Waals surface area contributed by atoms with E-state index < -0.39 is 30.0 Å². The predicted molar refractivity (Wildman–Crippen MR) is 97.1 cm³/mol. The fourth-order valence-corrected chi connectivity index (χ4v) is 3.40. The third kappa shape index (κ3) is 4.17. The first-order chi connectivity index (χ1) is 12.8. The number of hydrogen-bond acceptors (Lipinski definition) is 5. The summed E-state index contributed by atoms with van der Waals surface area (Å²) in [5.74, 6) is -3.20. The Morgan fingerprint density at radius 3 is 2.52 bits per heavy atom. The first-order valence-electron chi connectivity index (χ1n) is 7.80. The molecule has 0 atom stereocenters. The summed E-state index contributed by atoms with van der Waals surface area (Å²) >= 11 is 1.04. The van der Waals surface area contributed by atoms with E-state index in [-0.39, 0.29) is 22.0 Å². The van der Waals surface area contributed by atoms with Gasteiger partial charge in [-0.05, 0) is 36.4 Å². The summed E-state index contributed by atoms with van der Waals surface area (Å²) in [6, 6.07) is 9.40. The van der Waals surface area contributed by atoms with Gasteiger partial charge in [0.05, 0.1) is 5.56 Å². The highest BCUT2D eigenvalue weighted by Gasteiger charge is 2.18. The molecule has 138 valence electrons. The Balaban J connectivity index is 1.68. The Morgan fingerprint density at radius 1 is 1.07 bits per heavy atom. The van der Waals surface area contributed by atoms with E-state index in [0.29, 0.717) is 10.1 Å². The van der Waals surface area contributed by atoms with Gasteiger partial charge in [0.1, 0.15) is 16.5 Å². The van der Waals surface area contributed by atoms with Crippen LogP contribution in [0, 0.1) is 11.6 Å². The van der Waals surface area contributed by atoms with Crippen LogP contribution in [-0.2, 0) is 9.53 Å². The first-order valence-corrected chi connectivity index (χ1v) is 8.62. The third-order valence-electron chi connectivity index (χ3n) is 3.63. The van der Waals surface area contributed by atoms with Gasteiger partial charge in [0.25, 0.3) is 0 Å². The zero-order valence-electron chi connectivity index (χ0n) is 14.0. The van der Waals surface area contributed by atoms with Crippen molar-refractivity contribution in [2.75, 3.05) is 11.9 Å². The predicted octanol–water partition coefficient (Wildman–Crippen LogP) is 4.18. The number of nitrogens with one attached hydrogen (secondary N) is 1. The molecule has 0 fully saturated rings. The summed E-state index contributed by atoms with van der Waals surface area (Å²) in [7, 11) is 0. The monoisotopic (exact) mass is 389 g/mol.